The van der Waals surface area contributed by atoms with Crippen LogP contribution in [0, 0.1) is 24.9 Å². The minimum Gasteiger partial charge on any atom is -0.744 e. The van der Waals surface area contributed by atoms with Crippen LogP contribution in [-0.4, -0.2) is 18.9 Å². The molecule has 0 saturated heterocycles. The van der Waals surface area contributed by atoms with Crippen molar-refractivity contribution in [3.05, 3.63) is 19.3 Å². The van der Waals surface area contributed by atoms with Crippen LogP contribution in [-0.2, 0) is 14.9 Å². The van der Waals surface area contributed by atoms with E-state index in [-0.39, 0.29) is 23.9 Å². The highest BCUT2D eigenvalue weighted by molar-refractivity contribution is 14.1. The molecule has 3 rings (SSSR count). The van der Waals surface area contributed by atoms with Gasteiger partial charge in [0.2, 0.25) is 0 Å². The molecule has 2 aliphatic carbocycles. The summed E-state index contributed by atoms with van der Waals surface area (Å²) in [5, 5.41) is 0. The average molecular weight is 547 g/mol. The molecule has 3 unspecified atom stereocenters. The molecule has 0 heterocycles. The van der Waals surface area contributed by atoms with Gasteiger partial charge in [0, 0.05) is 7.14 Å². The smallest absolute Gasteiger partial charge is 0.314 e. The Kier molecular flexibility index (Phi) is 4.74. The maximum atomic E-state index is 12.3. The van der Waals surface area contributed by atoms with Crippen molar-refractivity contribution < 1.29 is 22.5 Å². The Bertz CT molecular complexity index is 708. The highest BCUT2D eigenvalue weighted by Gasteiger charge is 2.44. The minimum atomic E-state index is -4.54. The molecule has 0 N–H and O–H groups in total. The van der Waals surface area contributed by atoms with Gasteiger partial charge in [-0.15, -0.1) is 0 Å². The first-order valence-corrected chi connectivity index (χ1v) is 10.5. The normalized spacial score (nSPS) is 27.1. The molecule has 120 valence electrons. The van der Waals surface area contributed by atoms with Gasteiger partial charge in [0.05, 0.1) is 10.8 Å². The second-order valence-corrected chi connectivity index (χ2v) is 9.51. The maximum absolute atomic E-state index is 12.3. The van der Waals surface area contributed by atoms with E-state index < -0.39 is 10.1 Å². The number of carbonyl (C=O) groups is 1. The van der Waals surface area contributed by atoms with Crippen molar-refractivity contribution in [3.63, 3.8) is 0 Å². The molecule has 0 radical (unpaired) electrons. The van der Waals surface area contributed by atoms with Crippen LogP contribution >= 0.6 is 45.2 Å². The predicted octanol–water partition coefficient (Wildman–Crippen LogP) is 3.14. The topological polar surface area (TPSA) is 83.5 Å². The Labute approximate surface area is 156 Å². The lowest BCUT2D eigenvalue weighted by molar-refractivity contribution is -0.140. The molecule has 0 amide bonds. The molecular formula is C14H13I2O5S-. The zero-order valence-electron chi connectivity index (χ0n) is 11.4. The van der Waals surface area contributed by atoms with Crippen LogP contribution in [0.3, 0.4) is 0 Å². The molecule has 3 atom stereocenters. The molecule has 0 aliphatic heterocycles. The zero-order chi connectivity index (χ0) is 16.1. The predicted molar refractivity (Wildman–Crippen MR) is 94.4 cm³/mol. The quantitative estimate of drug-likeness (QED) is 0.252. The summed E-state index contributed by atoms with van der Waals surface area (Å²) in [4.78, 5) is 12.0. The van der Waals surface area contributed by atoms with Crippen molar-refractivity contribution in [3.8, 4) is 5.75 Å². The summed E-state index contributed by atoms with van der Waals surface area (Å²) in [6, 6.07) is 2.86. The van der Waals surface area contributed by atoms with E-state index in [1.807, 2.05) is 0 Å². The van der Waals surface area contributed by atoms with Gasteiger partial charge in [-0.3, -0.25) is 4.79 Å². The summed E-state index contributed by atoms with van der Waals surface area (Å²) in [6.45, 7) is 0. The number of rotatable bonds is 3. The first-order valence-electron chi connectivity index (χ1n) is 6.92. The van der Waals surface area contributed by atoms with Crippen molar-refractivity contribution in [2.24, 2.45) is 17.8 Å². The largest absolute Gasteiger partial charge is 0.744 e. The Hall–Kier alpha value is 0.0600. The van der Waals surface area contributed by atoms with Crippen molar-refractivity contribution in [1.29, 1.82) is 0 Å². The van der Waals surface area contributed by atoms with Crippen molar-refractivity contribution in [2.45, 2.75) is 30.6 Å². The number of ether oxygens (including phenoxy) is 1. The number of benzene rings is 1. The van der Waals surface area contributed by atoms with E-state index in [1.165, 1.54) is 18.6 Å². The van der Waals surface area contributed by atoms with Gasteiger partial charge in [-0.1, -0.05) is 6.42 Å². The lowest BCUT2D eigenvalue weighted by Gasteiger charge is -2.20. The Morgan fingerprint density at radius 1 is 1.18 bits per heavy atom. The number of hydrogen-bond donors (Lipinski definition) is 0. The Balaban J connectivity index is 1.80. The highest BCUT2D eigenvalue weighted by Crippen LogP contribution is 2.48. The van der Waals surface area contributed by atoms with Gasteiger partial charge in [-0.2, -0.15) is 0 Å². The van der Waals surface area contributed by atoms with E-state index in [4.69, 9.17) is 4.74 Å². The number of carbonyl (C=O) groups excluding carboxylic acids is 1. The fourth-order valence-electron chi connectivity index (χ4n) is 3.56. The lowest BCUT2D eigenvalue weighted by atomic mass is 9.89. The fourth-order valence-corrected chi connectivity index (χ4v) is 7.48. The second-order valence-electron chi connectivity index (χ2n) is 5.87. The second kappa shape index (κ2) is 6.17. The van der Waals surface area contributed by atoms with E-state index in [0.717, 1.165) is 19.3 Å². The molecule has 2 aliphatic rings. The monoisotopic (exact) mass is 547 g/mol. The minimum absolute atomic E-state index is 0.0445. The average Bonchev–Trinajstić information content (AvgIpc) is 2.97. The molecule has 0 aromatic heterocycles. The van der Waals surface area contributed by atoms with Gasteiger partial charge in [-0.05, 0) is 88.4 Å². The molecule has 5 nitrogen and oxygen atoms in total. The van der Waals surface area contributed by atoms with Gasteiger partial charge in [0.25, 0.3) is 0 Å². The third kappa shape index (κ3) is 3.29. The summed E-state index contributed by atoms with van der Waals surface area (Å²) in [5.74, 6) is 1.09. The van der Waals surface area contributed by atoms with Crippen molar-refractivity contribution in [2.75, 3.05) is 0 Å². The molecule has 8 heteroatoms. The van der Waals surface area contributed by atoms with E-state index in [2.05, 4.69) is 0 Å². The first kappa shape index (κ1) is 16.9. The van der Waals surface area contributed by atoms with E-state index >= 15 is 0 Å². The molecule has 22 heavy (non-hydrogen) atoms. The molecule has 2 saturated carbocycles. The van der Waals surface area contributed by atoms with Crippen LogP contribution < -0.4 is 4.74 Å². The maximum Gasteiger partial charge on any atom is 0.314 e. The number of halogens is 2. The summed E-state index contributed by atoms with van der Waals surface area (Å²) in [5.41, 5.74) is 0. The van der Waals surface area contributed by atoms with Crippen LogP contribution in [0.15, 0.2) is 17.0 Å². The Morgan fingerprint density at radius 3 is 2.27 bits per heavy atom. The van der Waals surface area contributed by atoms with Crippen molar-refractivity contribution in [1.82, 2.24) is 0 Å². The number of esters is 1. The lowest BCUT2D eigenvalue weighted by Crippen LogP contribution is -2.25. The SMILES string of the molecule is O=C(Oc1cc(I)c(S(=O)(=O)[O-])c(I)c1)C1CC2CCC1C2. The van der Waals surface area contributed by atoms with Crippen LogP contribution in [0.4, 0.5) is 0 Å². The molecule has 0 spiro atoms. The van der Waals surface area contributed by atoms with Crippen molar-refractivity contribution >= 4 is 61.3 Å². The van der Waals surface area contributed by atoms with Gasteiger partial charge in [0.15, 0.2) is 0 Å². The number of hydrogen-bond acceptors (Lipinski definition) is 5. The van der Waals surface area contributed by atoms with E-state index in [0.29, 0.717) is 17.6 Å². The van der Waals surface area contributed by atoms with Crippen LogP contribution in [0.5, 0.6) is 5.75 Å². The standard InChI is InChI=1S/C14H14I2O5S/c15-11-5-9(6-12(16)13(11)22(18,19)20)21-14(17)10-4-7-1-2-8(10)3-7/h5-8,10H,1-4H2,(H,18,19,20)/p-1. The molecule has 2 fully saturated rings. The van der Waals surface area contributed by atoms with Gasteiger partial charge < -0.3 is 9.29 Å². The van der Waals surface area contributed by atoms with Gasteiger partial charge in [-0.25, -0.2) is 8.42 Å². The summed E-state index contributed by atoms with van der Waals surface area (Å²) in [7, 11) is -4.54. The summed E-state index contributed by atoms with van der Waals surface area (Å²) < 4.78 is 39.7. The fraction of sp³-hybridized carbons (Fsp3) is 0.500. The molecule has 1 aromatic carbocycles. The molecule has 2 bridgehead atoms. The van der Waals surface area contributed by atoms with Crippen LogP contribution in [0.2, 0.25) is 0 Å². The van der Waals surface area contributed by atoms with E-state index in [9.17, 15) is 17.8 Å². The third-order valence-corrected chi connectivity index (χ3v) is 7.85. The first-order chi connectivity index (χ1) is 10.3. The summed E-state index contributed by atoms with van der Waals surface area (Å²) >= 11 is 3.55. The number of fused-ring (bicyclic) bond motifs is 2. The van der Waals surface area contributed by atoms with Crippen LogP contribution in [0.1, 0.15) is 25.7 Å². The van der Waals surface area contributed by atoms with Gasteiger partial charge >= 0.3 is 5.97 Å². The van der Waals surface area contributed by atoms with Gasteiger partial charge in [0.1, 0.15) is 15.9 Å². The zero-order valence-corrected chi connectivity index (χ0v) is 16.6. The molecule has 1 aromatic rings. The van der Waals surface area contributed by atoms with Crippen LogP contribution in [0.25, 0.3) is 0 Å². The third-order valence-electron chi connectivity index (χ3n) is 4.48. The summed E-state index contributed by atoms with van der Waals surface area (Å²) in [6.07, 6.45) is 4.31. The van der Waals surface area contributed by atoms with E-state index in [1.54, 1.807) is 45.2 Å². The molecular weight excluding hydrogens is 534 g/mol. The Morgan fingerprint density at radius 2 is 1.82 bits per heavy atom. The highest BCUT2D eigenvalue weighted by atomic mass is 127.